The van der Waals surface area contributed by atoms with E-state index in [1.54, 1.807) is 12.1 Å². The van der Waals surface area contributed by atoms with Gasteiger partial charge in [0.05, 0.1) is 6.20 Å². The van der Waals surface area contributed by atoms with Crippen LogP contribution in [0, 0.1) is 5.82 Å². The number of carbonyl (C=O) groups is 1. The number of hydrogen-bond donors (Lipinski definition) is 2. The number of anilines is 1. The minimum Gasteiger partial charge on any atom is -0.399 e. The first-order valence-corrected chi connectivity index (χ1v) is 5.39. The molecule has 0 aliphatic heterocycles. The predicted molar refractivity (Wildman–Crippen MR) is 66.2 cm³/mol. The number of hydrogen-bond acceptors (Lipinski definition) is 3. The monoisotopic (exact) mass is 245 g/mol. The van der Waals surface area contributed by atoms with Crippen molar-refractivity contribution in [2.75, 3.05) is 5.73 Å². The van der Waals surface area contributed by atoms with E-state index < -0.39 is 5.82 Å². The maximum absolute atomic E-state index is 12.6. The summed E-state index contributed by atoms with van der Waals surface area (Å²) in [7, 11) is 0. The number of pyridine rings is 1. The normalized spacial score (nSPS) is 10.1. The highest BCUT2D eigenvalue weighted by Gasteiger charge is 2.06. The smallest absolute Gasteiger partial charge is 0.270 e. The van der Waals surface area contributed by atoms with Gasteiger partial charge in [0, 0.05) is 12.2 Å². The molecule has 0 fully saturated rings. The van der Waals surface area contributed by atoms with Gasteiger partial charge < -0.3 is 11.1 Å². The second kappa shape index (κ2) is 5.27. The molecule has 92 valence electrons. The Bertz CT molecular complexity index is 537. The molecule has 0 spiro atoms. The average Bonchev–Trinajstić information content (AvgIpc) is 2.38. The zero-order valence-corrected chi connectivity index (χ0v) is 9.56. The highest BCUT2D eigenvalue weighted by Crippen LogP contribution is 2.05. The van der Waals surface area contributed by atoms with Crippen LogP contribution in [0.15, 0.2) is 42.6 Å². The van der Waals surface area contributed by atoms with Crippen molar-refractivity contribution in [1.29, 1.82) is 0 Å². The van der Waals surface area contributed by atoms with Gasteiger partial charge in [0.2, 0.25) is 0 Å². The third kappa shape index (κ3) is 3.04. The number of nitrogens with zero attached hydrogens (tertiary/aromatic N) is 1. The van der Waals surface area contributed by atoms with E-state index in [1.165, 1.54) is 12.1 Å². The highest BCUT2D eigenvalue weighted by molar-refractivity contribution is 5.92. The molecule has 0 saturated carbocycles. The number of rotatable bonds is 3. The van der Waals surface area contributed by atoms with Crippen molar-refractivity contribution in [3.63, 3.8) is 0 Å². The van der Waals surface area contributed by atoms with Crippen LogP contribution in [-0.4, -0.2) is 10.9 Å². The molecule has 2 rings (SSSR count). The first kappa shape index (κ1) is 12.0. The molecule has 4 nitrogen and oxygen atoms in total. The number of benzene rings is 1. The number of amides is 1. The van der Waals surface area contributed by atoms with E-state index in [1.807, 2.05) is 12.1 Å². The van der Waals surface area contributed by atoms with Crippen LogP contribution in [0.5, 0.6) is 0 Å². The molecule has 1 aromatic heterocycles. The lowest BCUT2D eigenvalue weighted by atomic mass is 10.2. The Morgan fingerprint density at radius 1 is 1.22 bits per heavy atom. The van der Waals surface area contributed by atoms with Crippen LogP contribution in [0.3, 0.4) is 0 Å². The Morgan fingerprint density at radius 2 is 1.94 bits per heavy atom. The standard InChI is InChI=1S/C13H12FN3O/c14-10-3-6-12(16-8-10)13(18)17-7-9-1-4-11(15)5-2-9/h1-6,8H,7,15H2,(H,17,18). The van der Waals surface area contributed by atoms with Gasteiger partial charge in [0.15, 0.2) is 0 Å². The molecule has 5 heteroatoms. The van der Waals surface area contributed by atoms with Gasteiger partial charge in [-0.05, 0) is 29.8 Å². The fraction of sp³-hybridized carbons (Fsp3) is 0.0769. The molecule has 0 unspecified atom stereocenters. The summed E-state index contributed by atoms with van der Waals surface area (Å²) in [6.45, 7) is 0.373. The van der Waals surface area contributed by atoms with Crippen LogP contribution in [0.25, 0.3) is 0 Å². The molecule has 0 aliphatic rings. The molecule has 0 aliphatic carbocycles. The van der Waals surface area contributed by atoms with Gasteiger partial charge in [-0.3, -0.25) is 4.79 Å². The average molecular weight is 245 g/mol. The third-order valence-electron chi connectivity index (χ3n) is 2.39. The molecule has 18 heavy (non-hydrogen) atoms. The molecule has 1 aromatic carbocycles. The van der Waals surface area contributed by atoms with Crippen LogP contribution >= 0.6 is 0 Å². The summed E-state index contributed by atoms with van der Waals surface area (Å²) in [5.74, 6) is -0.808. The van der Waals surface area contributed by atoms with Gasteiger partial charge in [-0.2, -0.15) is 0 Å². The van der Waals surface area contributed by atoms with Gasteiger partial charge in [-0.25, -0.2) is 9.37 Å². The van der Waals surface area contributed by atoms with E-state index in [9.17, 15) is 9.18 Å². The van der Waals surface area contributed by atoms with Crippen LogP contribution in [0.1, 0.15) is 16.1 Å². The molecule has 0 saturated heterocycles. The molecule has 1 heterocycles. The Balaban J connectivity index is 1.96. The minimum absolute atomic E-state index is 0.187. The Morgan fingerprint density at radius 3 is 2.56 bits per heavy atom. The lowest BCUT2D eigenvalue weighted by Crippen LogP contribution is -2.23. The summed E-state index contributed by atoms with van der Waals surface area (Å²) in [5.41, 5.74) is 7.34. The quantitative estimate of drug-likeness (QED) is 0.809. The summed E-state index contributed by atoms with van der Waals surface area (Å²) < 4.78 is 12.6. The zero-order valence-electron chi connectivity index (χ0n) is 9.56. The number of nitrogens with two attached hydrogens (primary N) is 1. The largest absolute Gasteiger partial charge is 0.399 e. The van der Waals surface area contributed by atoms with Crippen molar-refractivity contribution in [1.82, 2.24) is 10.3 Å². The van der Waals surface area contributed by atoms with Gasteiger partial charge in [0.25, 0.3) is 5.91 Å². The van der Waals surface area contributed by atoms with E-state index in [0.717, 1.165) is 11.8 Å². The summed E-state index contributed by atoms with van der Waals surface area (Å²) in [6.07, 6.45) is 1.01. The second-order valence-corrected chi connectivity index (χ2v) is 3.79. The van der Waals surface area contributed by atoms with E-state index in [-0.39, 0.29) is 11.6 Å². The Labute approximate surface area is 104 Å². The fourth-order valence-electron chi connectivity index (χ4n) is 1.42. The minimum atomic E-state index is -0.468. The van der Waals surface area contributed by atoms with E-state index in [2.05, 4.69) is 10.3 Å². The van der Waals surface area contributed by atoms with Crippen molar-refractivity contribution < 1.29 is 9.18 Å². The molecule has 0 atom stereocenters. The number of halogens is 1. The molecule has 2 aromatic rings. The van der Waals surface area contributed by atoms with Gasteiger partial charge in [0.1, 0.15) is 11.5 Å². The lowest BCUT2D eigenvalue weighted by Gasteiger charge is -2.05. The summed E-state index contributed by atoms with van der Waals surface area (Å²) >= 11 is 0. The molecule has 3 N–H and O–H groups in total. The highest BCUT2D eigenvalue weighted by atomic mass is 19.1. The van der Waals surface area contributed by atoms with Crippen LogP contribution in [0.2, 0.25) is 0 Å². The van der Waals surface area contributed by atoms with Crippen LogP contribution < -0.4 is 11.1 Å². The molecule has 1 amide bonds. The fourth-order valence-corrected chi connectivity index (χ4v) is 1.42. The third-order valence-corrected chi connectivity index (χ3v) is 2.39. The Kier molecular flexibility index (Phi) is 3.52. The first-order valence-electron chi connectivity index (χ1n) is 5.39. The van der Waals surface area contributed by atoms with Crippen molar-refractivity contribution in [2.24, 2.45) is 0 Å². The Hall–Kier alpha value is -2.43. The van der Waals surface area contributed by atoms with Crippen molar-refractivity contribution in [3.8, 4) is 0 Å². The number of aromatic nitrogens is 1. The summed E-state index contributed by atoms with van der Waals surface area (Å²) in [4.78, 5) is 15.4. The maximum atomic E-state index is 12.6. The summed E-state index contributed by atoms with van der Waals surface area (Å²) in [5, 5.41) is 2.69. The molecule has 0 radical (unpaired) electrons. The number of nitrogens with one attached hydrogen (secondary N) is 1. The number of carbonyl (C=O) groups excluding carboxylic acids is 1. The van der Waals surface area contributed by atoms with E-state index in [0.29, 0.717) is 12.2 Å². The van der Waals surface area contributed by atoms with Crippen LogP contribution in [0.4, 0.5) is 10.1 Å². The zero-order chi connectivity index (χ0) is 13.0. The van der Waals surface area contributed by atoms with Crippen molar-refractivity contribution in [2.45, 2.75) is 6.54 Å². The topological polar surface area (TPSA) is 68.0 Å². The van der Waals surface area contributed by atoms with Crippen molar-refractivity contribution >= 4 is 11.6 Å². The van der Waals surface area contributed by atoms with E-state index in [4.69, 9.17) is 5.73 Å². The summed E-state index contributed by atoms with van der Waals surface area (Å²) in [6, 6.07) is 9.72. The molecular formula is C13H12FN3O. The predicted octanol–water partition coefficient (Wildman–Crippen LogP) is 1.73. The van der Waals surface area contributed by atoms with Crippen LogP contribution in [-0.2, 0) is 6.54 Å². The SMILES string of the molecule is Nc1ccc(CNC(=O)c2ccc(F)cn2)cc1. The van der Waals surface area contributed by atoms with Gasteiger partial charge >= 0.3 is 0 Å². The van der Waals surface area contributed by atoms with Gasteiger partial charge in [-0.15, -0.1) is 0 Å². The molecular weight excluding hydrogens is 233 g/mol. The first-order chi connectivity index (χ1) is 8.65. The van der Waals surface area contributed by atoms with E-state index >= 15 is 0 Å². The lowest BCUT2D eigenvalue weighted by molar-refractivity contribution is 0.0946. The maximum Gasteiger partial charge on any atom is 0.270 e. The second-order valence-electron chi connectivity index (χ2n) is 3.79. The van der Waals surface area contributed by atoms with Gasteiger partial charge in [-0.1, -0.05) is 12.1 Å². The number of nitrogen functional groups attached to an aromatic ring is 1. The molecule has 0 bridgehead atoms. The van der Waals surface area contributed by atoms with Crippen molar-refractivity contribution in [3.05, 3.63) is 59.7 Å².